The first-order valence-electron chi connectivity index (χ1n) is 12.1. The molecule has 1 aromatic heterocycles. The first-order valence-corrected chi connectivity index (χ1v) is 12.5. The van der Waals surface area contributed by atoms with Crippen LogP contribution in [0.3, 0.4) is 0 Å². The van der Waals surface area contributed by atoms with Crippen LogP contribution in [-0.2, 0) is 16.0 Å². The van der Waals surface area contributed by atoms with Crippen LogP contribution in [0.15, 0.2) is 65.9 Å². The summed E-state index contributed by atoms with van der Waals surface area (Å²) < 4.78 is 5.73. The highest BCUT2D eigenvalue weighted by molar-refractivity contribution is 6.30. The van der Waals surface area contributed by atoms with Crippen molar-refractivity contribution in [2.45, 2.75) is 44.6 Å². The lowest BCUT2D eigenvalue weighted by atomic mass is 9.98. The van der Waals surface area contributed by atoms with Crippen molar-refractivity contribution in [1.82, 2.24) is 15.3 Å². The largest absolute Gasteiger partial charge is 0.491 e. The molecule has 0 saturated carbocycles. The van der Waals surface area contributed by atoms with Gasteiger partial charge in [-0.2, -0.15) is 0 Å². The number of ether oxygens (including phenoxy) is 1. The Balaban J connectivity index is 1.42. The van der Waals surface area contributed by atoms with Gasteiger partial charge in [-0.1, -0.05) is 29.8 Å². The van der Waals surface area contributed by atoms with E-state index in [0.29, 0.717) is 47.5 Å². The number of aliphatic carboxylic acids is 1. The maximum atomic E-state index is 13.1. The molecule has 1 aliphatic heterocycles. The molecular formula is C28H26ClN3O4. The van der Waals surface area contributed by atoms with Crippen molar-refractivity contribution >= 4 is 34.5 Å². The Bertz CT molecular complexity index is 1380. The Morgan fingerprint density at radius 3 is 2.72 bits per heavy atom. The first kappa shape index (κ1) is 24.0. The number of nitrogens with one attached hydrogen (secondary N) is 1. The number of carbonyl (C=O) groups excluding carboxylic acids is 1. The first-order chi connectivity index (χ1) is 17.5. The predicted molar refractivity (Wildman–Crippen MR) is 138 cm³/mol. The number of hydrogen-bond acceptors (Lipinski definition) is 5. The molecule has 3 aromatic rings. The molecule has 5 rings (SSSR count). The number of aryl methyl sites for hydroxylation is 1. The van der Waals surface area contributed by atoms with Crippen molar-refractivity contribution in [3.05, 3.63) is 82.2 Å². The number of halogens is 1. The van der Waals surface area contributed by atoms with Gasteiger partial charge in [0.1, 0.15) is 12.4 Å². The normalized spacial score (nSPS) is 16.6. The average molecular weight is 504 g/mol. The van der Waals surface area contributed by atoms with Gasteiger partial charge in [-0.3, -0.25) is 9.59 Å². The van der Waals surface area contributed by atoms with Crippen LogP contribution in [0.4, 0.5) is 0 Å². The van der Waals surface area contributed by atoms with Crippen LogP contribution < -0.4 is 5.32 Å². The fourth-order valence-electron chi connectivity index (χ4n) is 4.60. The molecule has 1 atom stereocenters. The van der Waals surface area contributed by atoms with Crippen LogP contribution in [-0.4, -0.2) is 39.6 Å². The molecule has 0 bridgehead atoms. The molecule has 0 spiro atoms. The smallest absolute Gasteiger partial charge is 0.303 e. The molecule has 1 aliphatic carbocycles. The van der Waals surface area contributed by atoms with Crippen molar-refractivity contribution in [2.24, 2.45) is 0 Å². The lowest BCUT2D eigenvalue weighted by Crippen LogP contribution is -2.37. The van der Waals surface area contributed by atoms with Gasteiger partial charge in [0.05, 0.1) is 28.5 Å². The molecule has 36 heavy (non-hydrogen) atoms. The summed E-state index contributed by atoms with van der Waals surface area (Å²) in [5.74, 6) is -0.119. The number of allylic oxidation sites excluding steroid dienone is 2. The summed E-state index contributed by atoms with van der Waals surface area (Å²) in [6.07, 6.45) is 7.81. The highest BCUT2D eigenvalue weighted by Gasteiger charge is 2.28. The van der Waals surface area contributed by atoms with E-state index in [9.17, 15) is 9.59 Å². The highest BCUT2D eigenvalue weighted by Crippen LogP contribution is 2.30. The lowest BCUT2D eigenvalue weighted by molar-refractivity contribution is -0.137. The topological polar surface area (TPSA) is 101 Å². The predicted octanol–water partition coefficient (Wildman–Crippen LogP) is 5.48. The zero-order chi connectivity index (χ0) is 25.1. The number of fused-ring (bicyclic) bond motifs is 1. The standard InChI is InChI=1S/C28H26ClN3O4/c29-19-12-9-17(10-13-19)27-22(6-2-4-8-26(33)34)30-23-15-18(11-14-21(23)31-27)28(35)32-24-16-36-25-7-3-1-5-20(24)25/h3,7,9-15,24H,1-2,4-6,8,16H2,(H,32,35)(H,33,34)/t24-/m1/s1. The second-order valence-electron chi connectivity index (χ2n) is 9.00. The molecule has 7 nitrogen and oxygen atoms in total. The number of unbranched alkanes of at least 4 members (excludes halogenated alkanes) is 1. The van der Waals surface area contributed by atoms with E-state index < -0.39 is 5.97 Å². The third-order valence-electron chi connectivity index (χ3n) is 6.47. The average Bonchev–Trinajstić information content (AvgIpc) is 3.29. The molecule has 0 unspecified atom stereocenters. The second kappa shape index (κ2) is 10.5. The van der Waals surface area contributed by atoms with Crippen molar-refractivity contribution in [2.75, 3.05) is 6.61 Å². The number of hydrogen-bond donors (Lipinski definition) is 2. The van der Waals surface area contributed by atoms with E-state index >= 15 is 0 Å². The Morgan fingerprint density at radius 2 is 1.92 bits per heavy atom. The minimum absolute atomic E-state index is 0.112. The zero-order valence-corrected chi connectivity index (χ0v) is 20.4. The second-order valence-corrected chi connectivity index (χ2v) is 9.43. The number of carboxylic acids is 1. The van der Waals surface area contributed by atoms with E-state index in [0.717, 1.165) is 41.1 Å². The Hall–Kier alpha value is -3.71. The van der Waals surface area contributed by atoms with Gasteiger partial charge in [-0.25, -0.2) is 9.97 Å². The molecule has 8 heteroatoms. The number of carboxylic acid groups (broad SMARTS) is 1. The molecule has 2 heterocycles. The molecule has 2 aromatic carbocycles. The summed E-state index contributed by atoms with van der Waals surface area (Å²) in [4.78, 5) is 33.7. The summed E-state index contributed by atoms with van der Waals surface area (Å²) in [5, 5.41) is 12.7. The molecule has 1 amide bonds. The van der Waals surface area contributed by atoms with E-state index in [1.54, 1.807) is 24.3 Å². The Kier molecular flexibility index (Phi) is 7.00. The lowest BCUT2D eigenvalue weighted by Gasteiger charge is -2.16. The van der Waals surface area contributed by atoms with Crippen LogP contribution in [0.5, 0.6) is 0 Å². The van der Waals surface area contributed by atoms with Gasteiger partial charge in [0.25, 0.3) is 5.91 Å². The zero-order valence-electron chi connectivity index (χ0n) is 19.7. The third-order valence-corrected chi connectivity index (χ3v) is 6.72. The number of rotatable bonds is 8. The van der Waals surface area contributed by atoms with Gasteiger partial charge < -0.3 is 15.2 Å². The van der Waals surface area contributed by atoms with E-state index in [2.05, 4.69) is 11.4 Å². The molecule has 2 aliphatic rings. The molecule has 184 valence electrons. The van der Waals surface area contributed by atoms with Crippen LogP contribution in [0.25, 0.3) is 22.3 Å². The molecule has 0 fully saturated rings. The summed E-state index contributed by atoms with van der Waals surface area (Å²) >= 11 is 6.07. The molecule has 0 saturated heterocycles. The van der Waals surface area contributed by atoms with Gasteiger partial charge in [0.2, 0.25) is 0 Å². The van der Waals surface area contributed by atoms with E-state index in [4.69, 9.17) is 31.4 Å². The monoisotopic (exact) mass is 503 g/mol. The van der Waals surface area contributed by atoms with Crippen molar-refractivity contribution in [3.63, 3.8) is 0 Å². The molecule has 0 radical (unpaired) electrons. The van der Waals surface area contributed by atoms with Crippen molar-refractivity contribution in [1.29, 1.82) is 0 Å². The summed E-state index contributed by atoms with van der Waals surface area (Å²) in [6.45, 7) is 0.444. The van der Waals surface area contributed by atoms with Crippen LogP contribution >= 0.6 is 11.6 Å². The summed E-state index contributed by atoms with van der Waals surface area (Å²) in [7, 11) is 0. The maximum absolute atomic E-state index is 13.1. The molecular weight excluding hydrogens is 478 g/mol. The maximum Gasteiger partial charge on any atom is 0.303 e. The van der Waals surface area contributed by atoms with E-state index in [1.165, 1.54) is 0 Å². The van der Waals surface area contributed by atoms with Crippen LogP contribution in [0, 0.1) is 0 Å². The summed E-state index contributed by atoms with van der Waals surface area (Å²) in [6, 6.07) is 12.6. The minimum Gasteiger partial charge on any atom is -0.491 e. The number of nitrogens with zero attached hydrogens (tertiary/aromatic N) is 2. The number of aromatic nitrogens is 2. The van der Waals surface area contributed by atoms with Crippen molar-refractivity contribution < 1.29 is 19.4 Å². The third kappa shape index (κ3) is 5.26. The fraction of sp³-hybridized carbons (Fsp3) is 0.286. The Morgan fingerprint density at radius 1 is 1.08 bits per heavy atom. The van der Waals surface area contributed by atoms with Crippen molar-refractivity contribution in [3.8, 4) is 11.3 Å². The minimum atomic E-state index is -0.812. The van der Waals surface area contributed by atoms with Gasteiger partial charge in [-0.15, -0.1) is 0 Å². The van der Waals surface area contributed by atoms with Gasteiger partial charge in [-0.05, 0) is 74.1 Å². The summed E-state index contributed by atoms with van der Waals surface area (Å²) in [5.41, 5.74) is 5.33. The van der Waals surface area contributed by atoms with Crippen LogP contribution in [0.1, 0.15) is 48.2 Å². The fourth-order valence-corrected chi connectivity index (χ4v) is 4.73. The highest BCUT2D eigenvalue weighted by atomic mass is 35.5. The van der Waals surface area contributed by atoms with Crippen LogP contribution in [0.2, 0.25) is 5.02 Å². The number of carbonyl (C=O) groups is 2. The van der Waals surface area contributed by atoms with Gasteiger partial charge in [0.15, 0.2) is 0 Å². The number of amides is 1. The number of benzene rings is 2. The van der Waals surface area contributed by atoms with E-state index in [-0.39, 0.29) is 18.4 Å². The van der Waals surface area contributed by atoms with E-state index in [1.807, 2.05) is 24.3 Å². The quantitative estimate of drug-likeness (QED) is 0.395. The SMILES string of the molecule is O=C(O)CCCCc1nc2cc(C(=O)N[C@@H]3COC4=C3CCC=C4)ccc2nc1-c1ccc(Cl)cc1. The van der Waals surface area contributed by atoms with Gasteiger partial charge in [0, 0.05) is 22.6 Å². The van der Waals surface area contributed by atoms with Gasteiger partial charge >= 0.3 is 5.97 Å². The molecule has 2 N–H and O–H groups in total. The Labute approximate surface area is 213 Å².